The molecule has 17 heavy (non-hydrogen) atoms. The number of amides is 1. The molecular formula is C11H11Cl2NO3. The highest BCUT2D eigenvalue weighted by atomic mass is 35.5. The van der Waals surface area contributed by atoms with Crippen molar-refractivity contribution in [3.63, 3.8) is 0 Å². The summed E-state index contributed by atoms with van der Waals surface area (Å²) in [4.78, 5) is 21.5. The lowest BCUT2D eigenvalue weighted by Gasteiger charge is -2.05. The number of rotatable bonds is 5. The molecule has 0 saturated heterocycles. The van der Waals surface area contributed by atoms with E-state index in [0.717, 1.165) is 5.56 Å². The summed E-state index contributed by atoms with van der Waals surface area (Å²) in [6, 6.07) is 5.04. The Morgan fingerprint density at radius 3 is 2.59 bits per heavy atom. The molecule has 4 nitrogen and oxygen atoms in total. The molecule has 1 aromatic carbocycles. The number of carbonyl (C=O) groups is 2. The quantitative estimate of drug-likeness (QED) is 0.865. The number of hydrogen-bond acceptors (Lipinski definition) is 2. The van der Waals surface area contributed by atoms with Crippen LogP contribution in [0.1, 0.15) is 12.0 Å². The minimum Gasteiger partial charge on any atom is -0.480 e. The molecule has 0 bridgehead atoms. The number of nitrogens with one attached hydrogen (secondary N) is 1. The predicted octanol–water partition coefficient (Wildman–Crippen LogP) is 2.13. The minimum absolute atomic E-state index is 0.189. The average molecular weight is 276 g/mol. The van der Waals surface area contributed by atoms with Crippen LogP contribution in [0.15, 0.2) is 18.2 Å². The van der Waals surface area contributed by atoms with Gasteiger partial charge >= 0.3 is 5.97 Å². The second-order valence-electron chi connectivity index (χ2n) is 3.41. The van der Waals surface area contributed by atoms with Crippen LogP contribution >= 0.6 is 23.2 Å². The lowest BCUT2D eigenvalue weighted by Crippen LogP contribution is -2.29. The normalized spacial score (nSPS) is 10.0. The molecule has 1 amide bonds. The molecule has 0 spiro atoms. The molecule has 0 fully saturated rings. The highest BCUT2D eigenvalue weighted by Crippen LogP contribution is 2.21. The van der Waals surface area contributed by atoms with Crippen molar-refractivity contribution in [1.82, 2.24) is 5.32 Å². The molecule has 0 heterocycles. The minimum atomic E-state index is -1.07. The third-order valence-electron chi connectivity index (χ3n) is 2.07. The molecule has 0 aliphatic heterocycles. The Kier molecular flexibility index (Phi) is 5.25. The summed E-state index contributed by atoms with van der Waals surface area (Å²) in [6.45, 7) is -0.368. The van der Waals surface area contributed by atoms with Crippen LogP contribution in [0.5, 0.6) is 0 Å². The van der Waals surface area contributed by atoms with Crippen molar-refractivity contribution in [2.75, 3.05) is 6.54 Å². The number of carboxylic acid groups (broad SMARTS) is 1. The van der Waals surface area contributed by atoms with Crippen molar-refractivity contribution in [3.8, 4) is 0 Å². The Bertz CT molecular complexity index is 435. The molecule has 2 N–H and O–H groups in total. The van der Waals surface area contributed by atoms with Crippen LogP contribution in [0.3, 0.4) is 0 Å². The first-order valence-electron chi connectivity index (χ1n) is 4.91. The first-order chi connectivity index (χ1) is 7.99. The van der Waals surface area contributed by atoms with E-state index in [4.69, 9.17) is 28.3 Å². The van der Waals surface area contributed by atoms with Gasteiger partial charge in [0.25, 0.3) is 0 Å². The van der Waals surface area contributed by atoms with E-state index in [9.17, 15) is 9.59 Å². The average Bonchev–Trinajstić information content (AvgIpc) is 2.25. The zero-order valence-corrected chi connectivity index (χ0v) is 10.4. The summed E-state index contributed by atoms with van der Waals surface area (Å²) in [5, 5.41) is 11.7. The van der Waals surface area contributed by atoms with Gasteiger partial charge in [-0.05, 0) is 24.1 Å². The van der Waals surface area contributed by atoms with Crippen LogP contribution in [0, 0.1) is 0 Å². The van der Waals surface area contributed by atoms with E-state index >= 15 is 0 Å². The smallest absolute Gasteiger partial charge is 0.322 e. The SMILES string of the molecule is O=C(O)CNC(=O)CCc1ccc(Cl)cc1Cl. The largest absolute Gasteiger partial charge is 0.480 e. The van der Waals surface area contributed by atoms with Crippen LogP contribution in [0.25, 0.3) is 0 Å². The summed E-state index contributed by atoms with van der Waals surface area (Å²) in [5.41, 5.74) is 0.807. The Morgan fingerprint density at radius 2 is 2.00 bits per heavy atom. The standard InChI is InChI=1S/C11H11Cl2NO3/c12-8-3-1-7(9(13)5-8)2-4-10(15)14-6-11(16)17/h1,3,5H,2,4,6H2,(H,14,15)(H,16,17). The maximum Gasteiger partial charge on any atom is 0.322 e. The third-order valence-corrected chi connectivity index (χ3v) is 2.66. The van der Waals surface area contributed by atoms with Gasteiger partial charge in [-0.15, -0.1) is 0 Å². The topological polar surface area (TPSA) is 66.4 Å². The Balaban J connectivity index is 2.44. The number of aliphatic carboxylic acids is 1. The molecule has 1 aromatic rings. The van der Waals surface area contributed by atoms with Gasteiger partial charge in [0.2, 0.25) is 5.91 Å². The number of benzene rings is 1. The van der Waals surface area contributed by atoms with Crippen LogP contribution in [-0.4, -0.2) is 23.5 Å². The molecule has 1 rings (SSSR count). The van der Waals surface area contributed by atoms with Gasteiger partial charge in [0, 0.05) is 16.5 Å². The van der Waals surface area contributed by atoms with Crippen molar-refractivity contribution >= 4 is 35.1 Å². The maximum absolute atomic E-state index is 11.3. The summed E-state index contributed by atoms with van der Waals surface area (Å²) < 4.78 is 0. The fourth-order valence-electron chi connectivity index (χ4n) is 1.24. The van der Waals surface area contributed by atoms with E-state index in [1.54, 1.807) is 18.2 Å². The van der Waals surface area contributed by atoms with Gasteiger partial charge in [-0.2, -0.15) is 0 Å². The molecule has 0 aliphatic carbocycles. The van der Waals surface area contributed by atoms with Crippen LogP contribution in [-0.2, 0) is 16.0 Å². The van der Waals surface area contributed by atoms with E-state index in [1.165, 1.54) is 0 Å². The van der Waals surface area contributed by atoms with Gasteiger partial charge in [-0.3, -0.25) is 9.59 Å². The van der Waals surface area contributed by atoms with E-state index in [2.05, 4.69) is 5.32 Å². The van der Waals surface area contributed by atoms with Gasteiger partial charge < -0.3 is 10.4 Å². The van der Waals surface area contributed by atoms with Crippen LogP contribution in [0.2, 0.25) is 10.0 Å². The van der Waals surface area contributed by atoms with Crippen molar-refractivity contribution in [3.05, 3.63) is 33.8 Å². The molecule has 92 valence electrons. The zero-order valence-electron chi connectivity index (χ0n) is 8.87. The maximum atomic E-state index is 11.3. The van der Waals surface area contributed by atoms with E-state index in [0.29, 0.717) is 16.5 Å². The number of carbonyl (C=O) groups excluding carboxylic acids is 1. The molecule has 0 unspecified atom stereocenters. The highest BCUT2D eigenvalue weighted by molar-refractivity contribution is 6.35. The lowest BCUT2D eigenvalue weighted by atomic mass is 10.1. The van der Waals surface area contributed by atoms with Gasteiger partial charge in [-0.25, -0.2) is 0 Å². The number of carboxylic acids is 1. The second kappa shape index (κ2) is 6.47. The second-order valence-corrected chi connectivity index (χ2v) is 4.25. The first-order valence-corrected chi connectivity index (χ1v) is 5.67. The van der Waals surface area contributed by atoms with Crippen molar-refractivity contribution in [2.24, 2.45) is 0 Å². The number of hydrogen-bond donors (Lipinski definition) is 2. The molecule has 0 saturated carbocycles. The third kappa shape index (κ3) is 5.06. The lowest BCUT2D eigenvalue weighted by molar-refractivity contribution is -0.137. The summed E-state index contributed by atoms with van der Waals surface area (Å²) >= 11 is 11.7. The molecule has 0 atom stereocenters. The number of aryl methyl sites for hydroxylation is 1. The summed E-state index contributed by atoms with van der Waals surface area (Å²) in [5.74, 6) is -1.39. The monoisotopic (exact) mass is 275 g/mol. The van der Waals surface area contributed by atoms with Crippen LogP contribution < -0.4 is 5.32 Å². The predicted molar refractivity (Wildman–Crippen MR) is 65.4 cm³/mol. The Morgan fingerprint density at radius 1 is 1.29 bits per heavy atom. The summed E-state index contributed by atoms with van der Waals surface area (Å²) in [7, 11) is 0. The Labute approximate surface area is 109 Å². The van der Waals surface area contributed by atoms with Crippen molar-refractivity contribution in [2.45, 2.75) is 12.8 Å². The number of halogens is 2. The van der Waals surface area contributed by atoms with E-state index < -0.39 is 5.97 Å². The zero-order chi connectivity index (χ0) is 12.8. The fraction of sp³-hybridized carbons (Fsp3) is 0.273. The van der Waals surface area contributed by atoms with Gasteiger partial charge in [0.05, 0.1) is 0 Å². The van der Waals surface area contributed by atoms with Gasteiger partial charge in [0.1, 0.15) is 6.54 Å². The van der Waals surface area contributed by atoms with Crippen molar-refractivity contribution in [1.29, 1.82) is 0 Å². The van der Waals surface area contributed by atoms with Crippen molar-refractivity contribution < 1.29 is 14.7 Å². The summed E-state index contributed by atoms with van der Waals surface area (Å²) in [6.07, 6.45) is 0.635. The molecular weight excluding hydrogens is 265 g/mol. The molecule has 0 aromatic heterocycles. The molecule has 0 radical (unpaired) electrons. The van der Waals surface area contributed by atoms with Gasteiger partial charge in [-0.1, -0.05) is 29.3 Å². The van der Waals surface area contributed by atoms with Gasteiger partial charge in [0.15, 0.2) is 0 Å². The molecule has 0 aliphatic rings. The van der Waals surface area contributed by atoms with E-state index in [1.807, 2.05) is 0 Å². The first kappa shape index (κ1) is 13.8. The highest BCUT2D eigenvalue weighted by Gasteiger charge is 2.06. The van der Waals surface area contributed by atoms with Crippen LogP contribution in [0.4, 0.5) is 0 Å². The Hall–Kier alpha value is -1.26. The van der Waals surface area contributed by atoms with E-state index in [-0.39, 0.29) is 18.9 Å². The molecule has 6 heteroatoms. The fourth-order valence-corrected chi connectivity index (χ4v) is 1.74.